The van der Waals surface area contributed by atoms with E-state index >= 15 is 0 Å². The smallest absolute Gasteiger partial charge is 0.337 e. The Bertz CT molecular complexity index is 402. The number of hydrogen-bond donors (Lipinski definition) is 1. The van der Waals surface area contributed by atoms with E-state index in [2.05, 4.69) is 10.3 Å². The molecule has 1 atom stereocenters. The van der Waals surface area contributed by atoms with Crippen molar-refractivity contribution in [2.75, 3.05) is 26.2 Å². The van der Waals surface area contributed by atoms with Gasteiger partial charge in [-0.3, -0.25) is 4.90 Å². The van der Waals surface area contributed by atoms with E-state index in [-0.39, 0.29) is 0 Å². The van der Waals surface area contributed by atoms with Gasteiger partial charge in [0.1, 0.15) is 0 Å². The van der Waals surface area contributed by atoms with E-state index in [1.807, 2.05) is 11.6 Å². The van der Waals surface area contributed by atoms with Crippen LogP contribution in [-0.4, -0.2) is 46.8 Å². The Morgan fingerprint density at radius 1 is 1.47 bits per heavy atom. The number of halogens is 3. The first-order valence-corrected chi connectivity index (χ1v) is 6.39. The highest BCUT2D eigenvalue weighted by atomic mass is 19.4. The Morgan fingerprint density at radius 3 is 2.89 bits per heavy atom. The highest BCUT2D eigenvalue weighted by Crippen LogP contribution is 2.22. The van der Waals surface area contributed by atoms with Crippen molar-refractivity contribution in [2.45, 2.75) is 19.1 Å². The third kappa shape index (κ3) is 4.50. The average Bonchev–Trinajstić information content (AvgIpc) is 2.87. The number of imidazole rings is 1. The van der Waals surface area contributed by atoms with Crippen LogP contribution in [0.3, 0.4) is 0 Å². The topological polar surface area (TPSA) is 33.1 Å². The van der Waals surface area contributed by atoms with Gasteiger partial charge in [0.2, 0.25) is 0 Å². The molecular weight excluding hydrogens is 257 g/mol. The van der Waals surface area contributed by atoms with Gasteiger partial charge in [0.05, 0.1) is 18.6 Å². The minimum Gasteiger partial charge on any atom is -0.337 e. The lowest BCUT2D eigenvalue weighted by Crippen LogP contribution is -2.33. The molecule has 0 aromatic carbocycles. The van der Waals surface area contributed by atoms with Crippen LogP contribution in [0.15, 0.2) is 12.5 Å². The van der Waals surface area contributed by atoms with Crippen molar-refractivity contribution < 1.29 is 13.2 Å². The number of alkyl halides is 3. The van der Waals surface area contributed by atoms with E-state index in [4.69, 9.17) is 0 Å². The second kappa shape index (κ2) is 5.92. The molecule has 0 radical (unpaired) electrons. The van der Waals surface area contributed by atoms with E-state index in [1.54, 1.807) is 12.5 Å². The monoisotopic (exact) mass is 276 g/mol. The van der Waals surface area contributed by atoms with E-state index < -0.39 is 12.7 Å². The Morgan fingerprint density at radius 2 is 2.26 bits per heavy atom. The summed E-state index contributed by atoms with van der Waals surface area (Å²) in [6.45, 7) is 1.73. The molecule has 0 saturated carbocycles. The molecule has 1 aliphatic rings. The maximum atomic E-state index is 12.2. The van der Waals surface area contributed by atoms with Gasteiger partial charge in [-0.2, -0.15) is 13.2 Å². The molecule has 0 bridgehead atoms. The summed E-state index contributed by atoms with van der Waals surface area (Å²) in [6, 6.07) is 0. The molecule has 1 aromatic heterocycles. The molecule has 7 heteroatoms. The predicted octanol–water partition coefficient (Wildman–Crippen LogP) is 1.39. The third-order valence-corrected chi connectivity index (χ3v) is 3.43. The predicted molar refractivity (Wildman–Crippen MR) is 65.5 cm³/mol. The molecular formula is C12H19F3N4. The van der Waals surface area contributed by atoms with Crippen molar-refractivity contribution in [3.63, 3.8) is 0 Å². The SMILES string of the molecule is Cn1cncc1CNC[C@@H]1CCN(CC(F)(F)F)C1. The van der Waals surface area contributed by atoms with E-state index in [0.29, 0.717) is 25.6 Å². The summed E-state index contributed by atoms with van der Waals surface area (Å²) in [6.07, 6.45) is 0.265. The van der Waals surface area contributed by atoms with Crippen LogP contribution in [0.1, 0.15) is 12.1 Å². The van der Waals surface area contributed by atoms with Crippen molar-refractivity contribution in [1.82, 2.24) is 19.8 Å². The zero-order chi connectivity index (χ0) is 13.9. The van der Waals surface area contributed by atoms with Crippen LogP contribution in [0.4, 0.5) is 13.2 Å². The first-order valence-electron chi connectivity index (χ1n) is 6.39. The number of aryl methyl sites for hydroxylation is 1. The molecule has 2 rings (SSSR count). The lowest BCUT2D eigenvalue weighted by molar-refractivity contribution is -0.143. The maximum absolute atomic E-state index is 12.2. The van der Waals surface area contributed by atoms with Crippen molar-refractivity contribution in [1.29, 1.82) is 0 Å². The summed E-state index contributed by atoms with van der Waals surface area (Å²) < 4.78 is 38.7. The van der Waals surface area contributed by atoms with Crippen LogP contribution in [0.2, 0.25) is 0 Å². The van der Waals surface area contributed by atoms with E-state index in [0.717, 1.165) is 18.7 Å². The molecule has 0 spiro atoms. The Labute approximate surface area is 110 Å². The highest BCUT2D eigenvalue weighted by Gasteiger charge is 2.34. The second-order valence-electron chi connectivity index (χ2n) is 5.13. The van der Waals surface area contributed by atoms with Gasteiger partial charge in [0.15, 0.2) is 0 Å². The lowest BCUT2D eigenvalue weighted by Gasteiger charge is -2.18. The molecule has 1 N–H and O–H groups in total. The molecule has 1 fully saturated rings. The van der Waals surface area contributed by atoms with Crippen LogP contribution in [0, 0.1) is 5.92 Å². The zero-order valence-electron chi connectivity index (χ0n) is 11.0. The van der Waals surface area contributed by atoms with Crippen LogP contribution >= 0.6 is 0 Å². The van der Waals surface area contributed by atoms with Crippen molar-refractivity contribution in [3.05, 3.63) is 18.2 Å². The van der Waals surface area contributed by atoms with Crippen molar-refractivity contribution in [3.8, 4) is 0 Å². The molecule has 19 heavy (non-hydrogen) atoms. The van der Waals surface area contributed by atoms with Gasteiger partial charge in [-0.15, -0.1) is 0 Å². The summed E-state index contributed by atoms with van der Waals surface area (Å²) in [5.74, 6) is 0.301. The lowest BCUT2D eigenvalue weighted by atomic mass is 10.1. The molecule has 0 aliphatic carbocycles. The Kier molecular flexibility index (Phi) is 4.46. The molecule has 4 nitrogen and oxygen atoms in total. The zero-order valence-corrected chi connectivity index (χ0v) is 11.0. The van der Waals surface area contributed by atoms with Crippen molar-refractivity contribution >= 4 is 0 Å². The molecule has 2 heterocycles. The number of rotatable bonds is 5. The standard InChI is InChI=1S/C12H19F3N4/c1-18-9-17-6-11(18)5-16-4-10-2-3-19(7-10)8-12(13,14)15/h6,9-10,16H,2-5,7-8H2,1H3/t10-/m0/s1. The molecule has 1 aromatic rings. The fourth-order valence-electron chi connectivity index (χ4n) is 2.44. The highest BCUT2D eigenvalue weighted by molar-refractivity contribution is 4.96. The number of nitrogens with one attached hydrogen (secondary N) is 1. The maximum Gasteiger partial charge on any atom is 0.401 e. The average molecular weight is 276 g/mol. The fourth-order valence-corrected chi connectivity index (χ4v) is 2.44. The van der Waals surface area contributed by atoms with Crippen LogP contribution in [0.25, 0.3) is 0 Å². The van der Waals surface area contributed by atoms with Gasteiger partial charge in [-0.25, -0.2) is 4.98 Å². The van der Waals surface area contributed by atoms with Gasteiger partial charge in [-0.1, -0.05) is 0 Å². The largest absolute Gasteiger partial charge is 0.401 e. The minimum absolute atomic E-state index is 0.301. The van der Waals surface area contributed by atoms with Crippen molar-refractivity contribution in [2.24, 2.45) is 13.0 Å². The summed E-state index contributed by atoms with van der Waals surface area (Å²) in [5, 5.41) is 3.29. The fraction of sp³-hybridized carbons (Fsp3) is 0.750. The van der Waals surface area contributed by atoms with E-state index in [9.17, 15) is 13.2 Å². The third-order valence-electron chi connectivity index (χ3n) is 3.43. The first kappa shape index (κ1) is 14.3. The van der Waals surface area contributed by atoms with Crippen LogP contribution < -0.4 is 5.32 Å². The molecule has 1 aliphatic heterocycles. The Balaban J connectivity index is 1.67. The normalized spacial score (nSPS) is 21.2. The summed E-state index contributed by atoms with van der Waals surface area (Å²) in [7, 11) is 1.92. The molecule has 0 amide bonds. The molecule has 108 valence electrons. The number of nitrogens with zero attached hydrogens (tertiary/aromatic N) is 3. The number of aromatic nitrogens is 2. The summed E-state index contributed by atoms with van der Waals surface area (Å²) in [5.41, 5.74) is 1.07. The van der Waals surface area contributed by atoms with Gasteiger partial charge < -0.3 is 9.88 Å². The first-order chi connectivity index (χ1) is 8.94. The molecule has 0 unspecified atom stereocenters. The minimum atomic E-state index is -4.09. The van der Waals surface area contributed by atoms with Gasteiger partial charge in [0.25, 0.3) is 0 Å². The van der Waals surface area contributed by atoms with Gasteiger partial charge >= 0.3 is 6.18 Å². The van der Waals surface area contributed by atoms with Gasteiger partial charge in [0, 0.05) is 26.3 Å². The Hall–Kier alpha value is -1.08. The number of likely N-dealkylation sites (tertiary alicyclic amines) is 1. The van der Waals surface area contributed by atoms with Crippen LogP contribution in [0.5, 0.6) is 0 Å². The summed E-state index contributed by atoms with van der Waals surface area (Å²) >= 11 is 0. The van der Waals surface area contributed by atoms with Gasteiger partial charge in [-0.05, 0) is 25.4 Å². The summed E-state index contributed by atoms with van der Waals surface area (Å²) in [4.78, 5) is 5.50. The second-order valence-corrected chi connectivity index (χ2v) is 5.13. The quantitative estimate of drug-likeness (QED) is 0.882. The van der Waals surface area contributed by atoms with E-state index in [1.165, 1.54) is 4.90 Å². The molecule has 1 saturated heterocycles. The van der Waals surface area contributed by atoms with Crippen LogP contribution in [-0.2, 0) is 13.6 Å². The number of hydrogen-bond acceptors (Lipinski definition) is 3.